The number of hydrogen-bond donors (Lipinski definition) is 0. The van der Waals surface area contributed by atoms with Crippen molar-refractivity contribution in [1.82, 2.24) is 0 Å². The van der Waals surface area contributed by atoms with Crippen LogP contribution in [-0.2, 0) is 27.2 Å². The van der Waals surface area contributed by atoms with Crippen molar-refractivity contribution in [1.29, 1.82) is 0 Å². The molecule has 0 spiro atoms. The Morgan fingerprint density at radius 2 is 2.25 bits per heavy atom. The first-order valence-corrected chi connectivity index (χ1v) is 4.48. The number of ether oxygens (including phenoxy) is 1. The predicted molar refractivity (Wildman–Crippen MR) is 26.6 cm³/mol. The van der Waals surface area contributed by atoms with Gasteiger partial charge in [-0.05, 0) is 0 Å². The van der Waals surface area contributed by atoms with Crippen LogP contribution in [-0.4, -0.2) is 12.7 Å². The van der Waals surface area contributed by atoms with E-state index in [2.05, 4.69) is 0 Å². The molecule has 0 fully saturated rings. The molecule has 3 heteroatoms. The summed E-state index contributed by atoms with van der Waals surface area (Å²) in [4.78, 5) is 0. The Morgan fingerprint density at radius 1 is 1.62 bits per heavy atom. The van der Waals surface area contributed by atoms with E-state index in [-0.39, 0.29) is 6.10 Å². The van der Waals surface area contributed by atoms with Crippen LogP contribution in [0.1, 0.15) is 13.8 Å². The predicted octanol–water partition coefficient (Wildman–Crippen LogP) is 1.26. The zero-order valence-electron chi connectivity index (χ0n) is 5.31. The average molecular weight is 151 g/mol. The van der Waals surface area contributed by atoms with Crippen molar-refractivity contribution in [3.63, 3.8) is 0 Å². The zero-order chi connectivity index (χ0) is 6.41. The molecule has 0 aromatic carbocycles. The Bertz CT molecular complexity index is 63.4. The fourth-order valence-electron chi connectivity index (χ4n) is 0.336. The first kappa shape index (κ1) is 8.47. The molecular weight excluding hydrogens is 140 g/mol. The van der Waals surface area contributed by atoms with E-state index in [0.29, 0.717) is 6.61 Å². The first-order valence-electron chi connectivity index (χ1n) is 2.74. The molecule has 0 saturated carbocycles. The van der Waals surface area contributed by atoms with E-state index in [1.807, 2.05) is 13.8 Å². The molecule has 0 N–H and O–H groups in total. The second kappa shape index (κ2) is 5.61. The summed E-state index contributed by atoms with van der Waals surface area (Å²) in [6, 6.07) is 0. The second-order valence-corrected chi connectivity index (χ2v) is 3.05. The molecule has 0 heterocycles. The topological polar surface area (TPSA) is 26.3 Å². The fourth-order valence-corrected chi connectivity index (χ4v) is 0.650. The monoisotopic (exact) mass is 151 g/mol. The maximum absolute atomic E-state index is 9.96. The van der Waals surface area contributed by atoms with Gasteiger partial charge in [-0.1, -0.05) is 0 Å². The van der Waals surface area contributed by atoms with E-state index < -0.39 is 19.1 Å². The average Bonchev–Trinajstić information content (AvgIpc) is 1.66. The van der Waals surface area contributed by atoms with Gasteiger partial charge in [0.25, 0.3) is 0 Å². The van der Waals surface area contributed by atoms with Gasteiger partial charge < -0.3 is 0 Å². The van der Waals surface area contributed by atoms with E-state index in [9.17, 15) is 3.32 Å². The van der Waals surface area contributed by atoms with E-state index >= 15 is 0 Å². The Balaban J connectivity index is 2.81. The summed E-state index contributed by atoms with van der Waals surface area (Å²) in [5.74, 6) is 0. The summed E-state index contributed by atoms with van der Waals surface area (Å²) < 4.78 is 15.8. The van der Waals surface area contributed by atoms with Crippen LogP contribution in [0.15, 0.2) is 0 Å². The minimum absolute atomic E-state index is 0.285. The summed E-state index contributed by atoms with van der Waals surface area (Å²) in [7, 11) is 0. The van der Waals surface area contributed by atoms with Crippen molar-refractivity contribution in [3.05, 3.63) is 0 Å². The molecule has 0 amide bonds. The van der Waals surface area contributed by atoms with Gasteiger partial charge in [0.05, 0.1) is 0 Å². The Labute approximate surface area is 58.9 Å². The van der Waals surface area contributed by atoms with Crippen LogP contribution < -0.4 is 0 Å². The first-order chi connectivity index (χ1) is 3.77. The SMILES string of the molecule is CC(C)OC[CH2][Ti]=[O]. The third kappa shape index (κ3) is 6.47. The van der Waals surface area contributed by atoms with Crippen LogP contribution in [0.5, 0.6) is 0 Å². The van der Waals surface area contributed by atoms with E-state index in [4.69, 9.17) is 4.74 Å². The third-order valence-electron chi connectivity index (χ3n) is 0.655. The van der Waals surface area contributed by atoms with Gasteiger partial charge in [0.15, 0.2) is 0 Å². The molecule has 0 aliphatic carbocycles. The van der Waals surface area contributed by atoms with Crippen LogP contribution >= 0.6 is 0 Å². The summed E-state index contributed by atoms with van der Waals surface area (Å²) in [6.45, 7) is 4.62. The van der Waals surface area contributed by atoms with E-state index in [1.54, 1.807) is 0 Å². The van der Waals surface area contributed by atoms with Crippen LogP contribution in [0.3, 0.4) is 0 Å². The fraction of sp³-hybridized carbons (Fsp3) is 1.00. The summed E-state index contributed by atoms with van der Waals surface area (Å²) >= 11 is -0.906. The van der Waals surface area contributed by atoms with Crippen molar-refractivity contribution in [2.24, 2.45) is 0 Å². The molecule has 0 radical (unpaired) electrons. The molecule has 0 rings (SSSR count). The summed E-state index contributed by atoms with van der Waals surface area (Å²) in [5.41, 5.74) is 0. The summed E-state index contributed by atoms with van der Waals surface area (Å²) in [5, 5.41) is 0. The zero-order valence-corrected chi connectivity index (χ0v) is 6.87. The van der Waals surface area contributed by atoms with Gasteiger partial charge in [0.2, 0.25) is 0 Å². The van der Waals surface area contributed by atoms with Crippen molar-refractivity contribution in [2.75, 3.05) is 6.61 Å². The molecular formula is C5H11O2Ti. The van der Waals surface area contributed by atoms with Gasteiger partial charge in [-0.2, -0.15) is 0 Å². The molecule has 47 valence electrons. The Hall–Kier alpha value is 0.474. The van der Waals surface area contributed by atoms with Gasteiger partial charge >= 0.3 is 58.5 Å². The molecule has 2 nitrogen and oxygen atoms in total. The molecule has 0 unspecified atom stereocenters. The molecule has 0 atom stereocenters. The van der Waals surface area contributed by atoms with Gasteiger partial charge in [0.1, 0.15) is 0 Å². The Kier molecular flexibility index (Phi) is 5.94. The molecule has 8 heavy (non-hydrogen) atoms. The molecule has 0 bridgehead atoms. The minimum atomic E-state index is -0.906. The van der Waals surface area contributed by atoms with Gasteiger partial charge in [-0.3, -0.25) is 0 Å². The second-order valence-electron chi connectivity index (χ2n) is 1.81. The van der Waals surface area contributed by atoms with Gasteiger partial charge in [0, 0.05) is 0 Å². The molecule has 0 saturated heterocycles. The van der Waals surface area contributed by atoms with Crippen molar-refractivity contribution < 1.29 is 27.2 Å². The standard InChI is InChI=1S/C5H11O.O.Ti/c1-4-6-5(2)3;;/h5H,1,4H2,2-3H3;;. The molecule has 0 aromatic heterocycles. The van der Waals surface area contributed by atoms with E-state index in [0.717, 1.165) is 4.73 Å². The number of rotatable bonds is 4. The Morgan fingerprint density at radius 3 is 2.62 bits per heavy atom. The van der Waals surface area contributed by atoms with E-state index in [1.165, 1.54) is 0 Å². The van der Waals surface area contributed by atoms with Crippen molar-refractivity contribution >= 4 is 0 Å². The van der Waals surface area contributed by atoms with Gasteiger partial charge in [-0.15, -0.1) is 0 Å². The van der Waals surface area contributed by atoms with Crippen LogP contribution in [0.2, 0.25) is 4.73 Å². The van der Waals surface area contributed by atoms with Crippen molar-refractivity contribution in [2.45, 2.75) is 24.7 Å². The normalized spacial score (nSPS) is 9.38. The summed E-state index contributed by atoms with van der Waals surface area (Å²) in [6.07, 6.45) is 0.285. The van der Waals surface area contributed by atoms with Crippen LogP contribution in [0.25, 0.3) is 0 Å². The molecule has 0 aliphatic rings. The number of hydrogen-bond acceptors (Lipinski definition) is 2. The van der Waals surface area contributed by atoms with Crippen LogP contribution in [0, 0.1) is 0 Å². The molecule has 0 aliphatic heterocycles. The molecule has 0 aromatic rings. The third-order valence-corrected chi connectivity index (χ3v) is 1.29. The van der Waals surface area contributed by atoms with Crippen LogP contribution in [0.4, 0.5) is 0 Å². The maximum atomic E-state index is 9.96. The quantitative estimate of drug-likeness (QED) is 0.446. The van der Waals surface area contributed by atoms with Gasteiger partial charge in [-0.25, -0.2) is 0 Å². The van der Waals surface area contributed by atoms with Crippen molar-refractivity contribution in [3.8, 4) is 0 Å².